The highest BCUT2D eigenvalue weighted by Crippen LogP contribution is 2.30. The third-order valence-corrected chi connectivity index (χ3v) is 1.31. The number of rotatable bonds is 2. The van der Waals surface area contributed by atoms with Gasteiger partial charge in [-0.25, -0.2) is 0 Å². The van der Waals surface area contributed by atoms with E-state index < -0.39 is 0 Å². The monoisotopic (exact) mass is 108 g/mol. The Morgan fingerprint density at radius 2 is 2.38 bits per heavy atom. The summed E-state index contributed by atoms with van der Waals surface area (Å²) in [6.07, 6.45) is 7.40. The average molecular weight is 108 g/mol. The summed E-state index contributed by atoms with van der Waals surface area (Å²) in [5.41, 5.74) is 0. The van der Waals surface area contributed by atoms with Crippen LogP contribution in [0, 0.1) is 18.3 Å². The number of ketones is 1. The molecule has 1 heteroatoms. The first kappa shape index (κ1) is 5.37. The Bertz CT molecular complexity index is 137. The van der Waals surface area contributed by atoms with E-state index >= 15 is 0 Å². The van der Waals surface area contributed by atoms with Crippen LogP contribution in [0.3, 0.4) is 0 Å². The minimum Gasteiger partial charge on any atom is -0.298 e. The normalized spacial score (nSPS) is 17.4. The zero-order chi connectivity index (χ0) is 5.98. The summed E-state index contributed by atoms with van der Waals surface area (Å²) in [6.45, 7) is 0. The topological polar surface area (TPSA) is 17.1 Å². The number of terminal acetylenes is 1. The van der Waals surface area contributed by atoms with Gasteiger partial charge in [0.05, 0.1) is 6.42 Å². The van der Waals surface area contributed by atoms with Crippen molar-refractivity contribution in [3.05, 3.63) is 0 Å². The quantitative estimate of drug-likeness (QED) is 0.482. The highest BCUT2D eigenvalue weighted by Gasteiger charge is 2.28. The number of carbonyl (C=O) groups excluding carboxylic acids is 1. The molecule has 1 saturated carbocycles. The van der Waals surface area contributed by atoms with E-state index in [4.69, 9.17) is 6.42 Å². The van der Waals surface area contributed by atoms with Crippen LogP contribution in [0.4, 0.5) is 0 Å². The fraction of sp³-hybridized carbons (Fsp3) is 0.571. The zero-order valence-electron chi connectivity index (χ0n) is 4.68. The van der Waals surface area contributed by atoms with Gasteiger partial charge in [0, 0.05) is 5.92 Å². The van der Waals surface area contributed by atoms with Crippen LogP contribution in [0.1, 0.15) is 19.3 Å². The third-order valence-electron chi connectivity index (χ3n) is 1.31. The predicted molar refractivity (Wildman–Crippen MR) is 31.2 cm³/mol. The molecule has 0 heterocycles. The van der Waals surface area contributed by atoms with Crippen LogP contribution in [0.2, 0.25) is 0 Å². The van der Waals surface area contributed by atoms with E-state index in [-0.39, 0.29) is 5.78 Å². The fourth-order valence-electron chi connectivity index (χ4n) is 0.650. The van der Waals surface area contributed by atoms with Crippen molar-refractivity contribution in [2.24, 2.45) is 5.92 Å². The van der Waals surface area contributed by atoms with E-state index in [0.717, 1.165) is 12.8 Å². The molecule has 0 aromatic heterocycles. The Labute approximate surface area is 49.1 Å². The maximum Gasteiger partial charge on any atom is 0.147 e. The molecular weight excluding hydrogens is 100 g/mol. The summed E-state index contributed by atoms with van der Waals surface area (Å²) in [6, 6.07) is 0. The molecule has 42 valence electrons. The molecule has 0 amide bonds. The Hall–Kier alpha value is -0.770. The van der Waals surface area contributed by atoms with Gasteiger partial charge in [0.25, 0.3) is 0 Å². The van der Waals surface area contributed by atoms with E-state index in [1.54, 1.807) is 0 Å². The lowest BCUT2D eigenvalue weighted by atomic mass is 10.2. The highest BCUT2D eigenvalue weighted by molar-refractivity contribution is 5.85. The molecule has 0 radical (unpaired) electrons. The number of carbonyl (C=O) groups is 1. The van der Waals surface area contributed by atoms with E-state index in [2.05, 4.69) is 5.92 Å². The first-order valence-electron chi connectivity index (χ1n) is 2.81. The summed E-state index contributed by atoms with van der Waals surface area (Å²) >= 11 is 0. The van der Waals surface area contributed by atoms with E-state index in [0.29, 0.717) is 12.3 Å². The highest BCUT2D eigenvalue weighted by atomic mass is 16.1. The summed E-state index contributed by atoms with van der Waals surface area (Å²) in [7, 11) is 0. The second kappa shape index (κ2) is 2.00. The molecule has 0 aliphatic heterocycles. The maximum absolute atomic E-state index is 10.7. The molecule has 0 spiro atoms. The van der Waals surface area contributed by atoms with Crippen molar-refractivity contribution in [2.45, 2.75) is 19.3 Å². The molecule has 0 aromatic carbocycles. The van der Waals surface area contributed by atoms with Gasteiger partial charge in [0.15, 0.2) is 0 Å². The predicted octanol–water partition coefficient (Wildman–Crippen LogP) is 0.989. The Balaban J connectivity index is 2.26. The van der Waals surface area contributed by atoms with Gasteiger partial charge in [0.1, 0.15) is 5.78 Å². The number of hydrogen-bond acceptors (Lipinski definition) is 1. The van der Waals surface area contributed by atoms with Crippen LogP contribution in [0.15, 0.2) is 0 Å². The molecule has 0 unspecified atom stereocenters. The minimum atomic E-state index is 0.257. The number of hydrogen-bond donors (Lipinski definition) is 0. The molecule has 1 rings (SSSR count). The van der Waals surface area contributed by atoms with Gasteiger partial charge >= 0.3 is 0 Å². The zero-order valence-corrected chi connectivity index (χ0v) is 4.68. The SMILES string of the molecule is C#CCC(=O)C1CC1. The average Bonchev–Trinajstić information content (AvgIpc) is 2.45. The van der Waals surface area contributed by atoms with Gasteiger partial charge in [-0.3, -0.25) is 4.79 Å². The molecular formula is C7H8O. The summed E-state index contributed by atoms with van der Waals surface area (Å²) in [4.78, 5) is 10.7. The molecule has 1 aliphatic rings. The lowest BCUT2D eigenvalue weighted by molar-refractivity contribution is -0.119. The molecule has 0 atom stereocenters. The first-order chi connectivity index (χ1) is 3.84. The van der Waals surface area contributed by atoms with Crippen LogP contribution < -0.4 is 0 Å². The van der Waals surface area contributed by atoms with Crippen molar-refractivity contribution < 1.29 is 4.79 Å². The second-order valence-electron chi connectivity index (χ2n) is 2.12. The summed E-state index contributed by atoms with van der Waals surface area (Å²) in [5, 5.41) is 0. The van der Waals surface area contributed by atoms with E-state index in [9.17, 15) is 4.79 Å². The molecule has 1 nitrogen and oxygen atoms in total. The van der Waals surface area contributed by atoms with Gasteiger partial charge in [-0.2, -0.15) is 0 Å². The Kier molecular flexibility index (Phi) is 1.34. The Morgan fingerprint density at radius 1 is 1.75 bits per heavy atom. The van der Waals surface area contributed by atoms with Crippen LogP contribution in [-0.2, 0) is 4.79 Å². The van der Waals surface area contributed by atoms with Crippen molar-refractivity contribution in [1.29, 1.82) is 0 Å². The van der Waals surface area contributed by atoms with Gasteiger partial charge in [-0.05, 0) is 12.8 Å². The fourth-order valence-corrected chi connectivity index (χ4v) is 0.650. The van der Waals surface area contributed by atoms with Gasteiger partial charge in [-0.15, -0.1) is 6.42 Å². The van der Waals surface area contributed by atoms with Crippen molar-refractivity contribution in [3.63, 3.8) is 0 Å². The first-order valence-corrected chi connectivity index (χ1v) is 2.81. The van der Waals surface area contributed by atoms with Crippen molar-refractivity contribution in [3.8, 4) is 12.3 Å². The molecule has 0 bridgehead atoms. The molecule has 0 saturated heterocycles. The van der Waals surface area contributed by atoms with Gasteiger partial charge < -0.3 is 0 Å². The smallest absolute Gasteiger partial charge is 0.147 e. The second-order valence-corrected chi connectivity index (χ2v) is 2.12. The van der Waals surface area contributed by atoms with Crippen molar-refractivity contribution in [2.75, 3.05) is 0 Å². The van der Waals surface area contributed by atoms with Crippen LogP contribution >= 0.6 is 0 Å². The third kappa shape index (κ3) is 1.10. The van der Waals surface area contributed by atoms with E-state index in [1.807, 2.05) is 0 Å². The molecule has 0 N–H and O–H groups in total. The minimum absolute atomic E-state index is 0.257. The summed E-state index contributed by atoms with van der Waals surface area (Å²) < 4.78 is 0. The maximum atomic E-state index is 10.7. The lowest BCUT2D eigenvalue weighted by Crippen LogP contribution is -1.96. The standard InChI is InChI=1S/C7H8O/c1-2-3-7(8)6-4-5-6/h1,6H,3-5H2. The van der Waals surface area contributed by atoms with Crippen molar-refractivity contribution >= 4 is 5.78 Å². The molecule has 1 aliphatic carbocycles. The largest absolute Gasteiger partial charge is 0.298 e. The van der Waals surface area contributed by atoms with Crippen LogP contribution in [0.5, 0.6) is 0 Å². The number of Topliss-reactive ketones (excluding diaryl/α,β-unsaturated/α-hetero) is 1. The molecule has 8 heavy (non-hydrogen) atoms. The summed E-state index contributed by atoms with van der Waals surface area (Å²) in [5.74, 6) is 2.94. The van der Waals surface area contributed by atoms with E-state index in [1.165, 1.54) is 0 Å². The van der Waals surface area contributed by atoms with Crippen molar-refractivity contribution in [1.82, 2.24) is 0 Å². The van der Waals surface area contributed by atoms with Gasteiger partial charge in [-0.1, -0.05) is 5.92 Å². The lowest BCUT2D eigenvalue weighted by Gasteiger charge is -1.84. The Morgan fingerprint density at radius 3 is 2.75 bits per heavy atom. The molecule has 1 fully saturated rings. The van der Waals surface area contributed by atoms with Crippen LogP contribution in [0.25, 0.3) is 0 Å². The van der Waals surface area contributed by atoms with Crippen LogP contribution in [-0.4, -0.2) is 5.78 Å². The molecule has 0 aromatic rings. The van der Waals surface area contributed by atoms with Gasteiger partial charge in [0.2, 0.25) is 0 Å².